The van der Waals surface area contributed by atoms with Crippen LogP contribution in [0.1, 0.15) is 0 Å². The zero-order valence-electron chi connectivity index (χ0n) is 6.36. The number of nitrogen functional groups attached to an aromatic ring is 1. The number of anilines is 1. The largest absolute Gasteiger partial charge is 0.396 e. The van der Waals surface area contributed by atoms with Gasteiger partial charge in [0.15, 0.2) is 0 Å². The van der Waals surface area contributed by atoms with Crippen LogP contribution in [0, 0.1) is 0 Å². The highest BCUT2D eigenvalue weighted by Crippen LogP contribution is 2.19. The third kappa shape index (κ3) is 1.03. The summed E-state index contributed by atoms with van der Waals surface area (Å²) in [6.45, 7) is 0. The molecule has 0 atom stereocenters. The number of nitrogens with one attached hydrogen (secondary N) is 1. The monoisotopic (exact) mass is 160 g/mol. The Morgan fingerprint density at radius 1 is 1.33 bits per heavy atom. The van der Waals surface area contributed by atoms with Crippen molar-refractivity contribution in [2.24, 2.45) is 0 Å². The van der Waals surface area contributed by atoms with E-state index in [1.54, 1.807) is 12.4 Å². The molecule has 0 spiro atoms. The lowest BCUT2D eigenvalue weighted by Gasteiger charge is -1.94. The number of H-pyrrole nitrogens is 1. The van der Waals surface area contributed by atoms with Gasteiger partial charge in [-0.3, -0.25) is 10.1 Å². The lowest BCUT2D eigenvalue weighted by atomic mass is 10.2. The van der Waals surface area contributed by atoms with Crippen molar-refractivity contribution in [1.29, 1.82) is 0 Å². The van der Waals surface area contributed by atoms with Gasteiger partial charge in [0.1, 0.15) is 5.69 Å². The van der Waals surface area contributed by atoms with Crippen LogP contribution in [-0.4, -0.2) is 15.2 Å². The predicted molar refractivity (Wildman–Crippen MR) is 46.2 cm³/mol. The van der Waals surface area contributed by atoms with Crippen molar-refractivity contribution in [2.75, 3.05) is 5.73 Å². The van der Waals surface area contributed by atoms with Crippen LogP contribution in [0.25, 0.3) is 11.4 Å². The van der Waals surface area contributed by atoms with Crippen molar-refractivity contribution in [3.63, 3.8) is 0 Å². The second-order valence-electron chi connectivity index (χ2n) is 2.40. The molecule has 0 amide bonds. The normalized spacial score (nSPS) is 10.0. The quantitative estimate of drug-likeness (QED) is 0.655. The molecule has 4 nitrogen and oxygen atoms in total. The van der Waals surface area contributed by atoms with E-state index in [-0.39, 0.29) is 0 Å². The predicted octanol–water partition coefficient (Wildman–Crippen LogP) is 1.05. The summed E-state index contributed by atoms with van der Waals surface area (Å²) in [5, 5.41) is 6.66. The molecular weight excluding hydrogens is 152 g/mol. The third-order valence-electron chi connectivity index (χ3n) is 1.58. The highest BCUT2D eigenvalue weighted by molar-refractivity contribution is 5.68. The molecule has 0 aliphatic carbocycles. The zero-order chi connectivity index (χ0) is 8.39. The minimum atomic E-state index is 0.619. The summed E-state index contributed by atoms with van der Waals surface area (Å²) in [4.78, 5) is 4.12. The standard InChI is InChI=1S/C8H8N4/c9-6-5-11-12-8(6)7-3-1-2-4-10-7/h1-5H,9H2,(H,11,12). The van der Waals surface area contributed by atoms with Crippen molar-refractivity contribution >= 4 is 5.69 Å². The van der Waals surface area contributed by atoms with Gasteiger partial charge in [-0.05, 0) is 12.1 Å². The van der Waals surface area contributed by atoms with Gasteiger partial charge in [0.2, 0.25) is 0 Å². The van der Waals surface area contributed by atoms with E-state index in [9.17, 15) is 0 Å². The average molecular weight is 160 g/mol. The van der Waals surface area contributed by atoms with Crippen LogP contribution in [0.3, 0.4) is 0 Å². The highest BCUT2D eigenvalue weighted by Gasteiger charge is 2.04. The molecule has 0 unspecified atom stereocenters. The zero-order valence-corrected chi connectivity index (χ0v) is 6.36. The minimum Gasteiger partial charge on any atom is -0.396 e. The van der Waals surface area contributed by atoms with Gasteiger partial charge in [0.25, 0.3) is 0 Å². The molecule has 60 valence electrons. The minimum absolute atomic E-state index is 0.619. The molecule has 2 rings (SSSR count). The van der Waals surface area contributed by atoms with Gasteiger partial charge < -0.3 is 5.73 Å². The van der Waals surface area contributed by atoms with Gasteiger partial charge >= 0.3 is 0 Å². The van der Waals surface area contributed by atoms with Gasteiger partial charge in [-0.15, -0.1) is 0 Å². The molecular formula is C8H8N4. The van der Waals surface area contributed by atoms with E-state index in [1.165, 1.54) is 0 Å². The fourth-order valence-electron chi connectivity index (χ4n) is 1.01. The van der Waals surface area contributed by atoms with E-state index in [4.69, 9.17) is 5.73 Å². The fourth-order valence-corrected chi connectivity index (χ4v) is 1.01. The molecule has 0 aliphatic heterocycles. The molecule has 12 heavy (non-hydrogen) atoms. The Morgan fingerprint density at radius 3 is 2.83 bits per heavy atom. The van der Waals surface area contributed by atoms with Crippen LogP contribution in [0.4, 0.5) is 5.69 Å². The van der Waals surface area contributed by atoms with Gasteiger partial charge in [-0.1, -0.05) is 6.07 Å². The summed E-state index contributed by atoms with van der Waals surface area (Å²) in [5.41, 5.74) is 7.75. The van der Waals surface area contributed by atoms with Crippen LogP contribution in [0.15, 0.2) is 30.6 Å². The summed E-state index contributed by atoms with van der Waals surface area (Å²) in [7, 11) is 0. The first-order valence-electron chi connectivity index (χ1n) is 3.58. The van der Waals surface area contributed by atoms with Crippen LogP contribution in [0.2, 0.25) is 0 Å². The van der Waals surface area contributed by atoms with E-state index in [0.717, 1.165) is 5.69 Å². The first kappa shape index (κ1) is 6.84. The molecule has 2 aromatic rings. The molecule has 0 radical (unpaired) electrons. The van der Waals surface area contributed by atoms with Gasteiger partial charge in [-0.25, -0.2) is 0 Å². The van der Waals surface area contributed by atoms with Crippen molar-refractivity contribution in [2.45, 2.75) is 0 Å². The molecule has 0 saturated heterocycles. The Kier molecular flexibility index (Phi) is 1.51. The van der Waals surface area contributed by atoms with Crippen LogP contribution < -0.4 is 5.73 Å². The average Bonchev–Trinajstić information content (AvgIpc) is 2.53. The second kappa shape index (κ2) is 2.65. The smallest absolute Gasteiger partial charge is 0.133 e. The molecule has 2 heterocycles. The van der Waals surface area contributed by atoms with E-state index < -0.39 is 0 Å². The van der Waals surface area contributed by atoms with Crippen molar-refractivity contribution < 1.29 is 0 Å². The Bertz CT molecular complexity index is 366. The molecule has 4 heteroatoms. The Balaban J connectivity index is 2.51. The van der Waals surface area contributed by atoms with Crippen molar-refractivity contribution in [1.82, 2.24) is 15.2 Å². The van der Waals surface area contributed by atoms with E-state index in [2.05, 4.69) is 15.2 Å². The summed E-state index contributed by atoms with van der Waals surface area (Å²) < 4.78 is 0. The lowest BCUT2D eigenvalue weighted by Crippen LogP contribution is -1.88. The lowest BCUT2D eigenvalue weighted by molar-refractivity contribution is 1.09. The summed E-state index contributed by atoms with van der Waals surface area (Å²) in [6.07, 6.45) is 3.35. The molecule has 0 saturated carbocycles. The van der Waals surface area contributed by atoms with E-state index in [0.29, 0.717) is 11.4 Å². The Labute approximate surface area is 69.4 Å². The van der Waals surface area contributed by atoms with Crippen LogP contribution in [-0.2, 0) is 0 Å². The van der Waals surface area contributed by atoms with Gasteiger partial charge in [0.05, 0.1) is 11.4 Å². The summed E-state index contributed by atoms with van der Waals surface area (Å²) in [5.74, 6) is 0. The number of pyridine rings is 1. The number of hydrogen-bond acceptors (Lipinski definition) is 3. The molecule has 0 fully saturated rings. The maximum absolute atomic E-state index is 5.64. The number of rotatable bonds is 1. The van der Waals surface area contributed by atoms with E-state index in [1.807, 2.05) is 18.2 Å². The number of nitrogens with zero attached hydrogens (tertiary/aromatic N) is 2. The first-order chi connectivity index (χ1) is 5.88. The van der Waals surface area contributed by atoms with Gasteiger partial charge in [0, 0.05) is 12.4 Å². The van der Waals surface area contributed by atoms with Gasteiger partial charge in [-0.2, -0.15) is 5.10 Å². The topological polar surface area (TPSA) is 67.6 Å². The SMILES string of the molecule is Nc1c[nH]nc1-c1ccccn1. The van der Waals surface area contributed by atoms with Crippen LogP contribution in [0.5, 0.6) is 0 Å². The molecule has 0 aliphatic rings. The summed E-state index contributed by atoms with van der Waals surface area (Å²) in [6, 6.07) is 5.62. The van der Waals surface area contributed by atoms with E-state index >= 15 is 0 Å². The number of hydrogen-bond donors (Lipinski definition) is 2. The maximum Gasteiger partial charge on any atom is 0.133 e. The molecule has 0 aromatic carbocycles. The highest BCUT2D eigenvalue weighted by atomic mass is 15.1. The fraction of sp³-hybridized carbons (Fsp3) is 0. The molecule has 2 aromatic heterocycles. The van der Waals surface area contributed by atoms with Crippen molar-refractivity contribution in [3.8, 4) is 11.4 Å². The number of aromatic nitrogens is 3. The first-order valence-corrected chi connectivity index (χ1v) is 3.58. The number of aromatic amines is 1. The van der Waals surface area contributed by atoms with Crippen molar-refractivity contribution in [3.05, 3.63) is 30.6 Å². The maximum atomic E-state index is 5.64. The Morgan fingerprint density at radius 2 is 2.25 bits per heavy atom. The number of nitrogens with two attached hydrogens (primary N) is 1. The molecule has 0 bridgehead atoms. The van der Waals surface area contributed by atoms with Crippen LogP contribution >= 0.6 is 0 Å². The third-order valence-corrected chi connectivity index (χ3v) is 1.58. The summed E-state index contributed by atoms with van der Waals surface area (Å²) >= 11 is 0. The second-order valence-corrected chi connectivity index (χ2v) is 2.40. The Hall–Kier alpha value is -1.84. The molecule has 3 N–H and O–H groups in total.